The lowest BCUT2D eigenvalue weighted by atomic mass is 9.82. The van der Waals surface area contributed by atoms with Crippen LogP contribution < -0.4 is 16.4 Å². The van der Waals surface area contributed by atoms with Crippen LogP contribution in [0.25, 0.3) is 0 Å². The number of halogens is 2. The summed E-state index contributed by atoms with van der Waals surface area (Å²) in [4.78, 5) is 51.7. The molecule has 0 aliphatic heterocycles. The van der Waals surface area contributed by atoms with Crippen molar-refractivity contribution in [1.29, 1.82) is 0 Å². The highest BCUT2D eigenvalue weighted by molar-refractivity contribution is 9.13. The van der Waals surface area contributed by atoms with Gasteiger partial charge < -0.3 is 31.7 Å². The molecule has 0 saturated carbocycles. The minimum atomic E-state index is -0.207. The summed E-state index contributed by atoms with van der Waals surface area (Å²) < 4.78 is 1.40. The summed E-state index contributed by atoms with van der Waals surface area (Å²) in [5.74, 6) is -0.607. The lowest BCUT2D eigenvalue weighted by Gasteiger charge is -2.24. The Balaban J connectivity index is 0.000000179. The van der Waals surface area contributed by atoms with E-state index in [2.05, 4.69) is 42.5 Å². The van der Waals surface area contributed by atoms with Gasteiger partial charge in [0.2, 0.25) is 0 Å². The number of nitrogens with two attached hydrogens (primary N) is 1. The van der Waals surface area contributed by atoms with E-state index in [-0.39, 0.29) is 43.0 Å². The SMILES string of the molecule is Nc1ccc(CCO)cc1.O=C1c2ccccc2C(=O)c2c1ccc(Br)c2Br.O=C1c2ccccc2C(=O)c2c1ccc(Nc1ccc(CCO)cc1)c2Nc1ccc(CCO)cc1. The van der Waals surface area contributed by atoms with Crippen LogP contribution in [-0.2, 0) is 19.3 Å². The third kappa shape index (κ3) is 9.97. The van der Waals surface area contributed by atoms with Gasteiger partial charge in [-0.15, -0.1) is 0 Å². The van der Waals surface area contributed by atoms with Crippen molar-refractivity contribution in [3.05, 3.63) is 216 Å². The molecule has 7 aromatic carbocycles. The predicted octanol–water partition coefficient (Wildman–Crippen LogP) is 9.81. The van der Waals surface area contributed by atoms with Crippen molar-refractivity contribution in [3.63, 3.8) is 0 Å². The number of fused-ring (bicyclic) bond motifs is 4. The smallest absolute Gasteiger partial charge is 0.196 e. The Morgan fingerprint density at radius 2 is 0.812 bits per heavy atom. The fourth-order valence-electron chi connectivity index (χ4n) is 7.42. The van der Waals surface area contributed by atoms with E-state index in [1.165, 1.54) is 0 Å². The zero-order valence-corrected chi connectivity index (χ0v) is 37.6. The molecule has 0 spiro atoms. The normalized spacial score (nSPS) is 12.1. The van der Waals surface area contributed by atoms with E-state index >= 15 is 0 Å². The van der Waals surface area contributed by atoms with Crippen molar-refractivity contribution in [1.82, 2.24) is 0 Å². The Morgan fingerprint density at radius 3 is 1.28 bits per heavy atom. The lowest BCUT2D eigenvalue weighted by Crippen LogP contribution is -2.22. The molecule has 2 aliphatic carbocycles. The number of hydrogen-bond acceptors (Lipinski definition) is 10. The number of hydrogen-bond donors (Lipinski definition) is 6. The average Bonchev–Trinajstić information content (AvgIpc) is 3.31. The fourth-order valence-corrected chi connectivity index (χ4v) is 8.28. The largest absolute Gasteiger partial charge is 0.399 e. The molecular formula is C52H43Br2N3O7. The van der Waals surface area contributed by atoms with Gasteiger partial charge in [-0.3, -0.25) is 19.2 Å². The lowest BCUT2D eigenvalue weighted by molar-refractivity contribution is 0.0978. The number of anilines is 5. The molecule has 0 unspecified atom stereocenters. The first-order valence-electron chi connectivity index (χ1n) is 20.4. The van der Waals surface area contributed by atoms with Gasteiger partial charge in [-0.25, -0.2) is 0 Å². The number of rotatable bonds is 10. The van der Waals surface area contributed by atoms with Crippen molar-refractivity contribution in [2.75, 3.05) is 36.2 Å². The summed E-state index contributed by atoms with van der Waals surface area (Å²) in [5, 5.41) is 33.7. The maximum Gasteiger partial charge on any atom is 0.196 e. The number of benzene rings is 7. The summed E-state index contributed by atoms with van der Waals surface area (Å²) in [5.41, 5.74) is 15.4. The Morgan fingerprint density at radius 1 is 0.422 bits per heavy atom. The molecule has 7 N–H and O–H groups in total. The summed E-state index contributed by atoms with van der Waals surface area (Å²) in [6.07, 6.45) is 1.85. The van der Waals surface area contributed by atoms with Gasteiger partial charge in [-0.05, 0) is 128 Å². The number of nitrogen functional groups attached to an aromatic ring is 1. The van der Waals surface area contributed by atoms with E-state index in [1.54, 1.807) is 66.7 Å². The molecular weight excluding hydrogens is 938 g/mol. The number of aliphatic hydroxyl groups excluding tert-OH is 3. The summed E-state index contributed by atoms with van der Waals surface area (Å²) >= 11 is 6.72. The molecule has 322 valence electrons. The van der Waals surface area contributed by atoms with E-state index in [0.29, 0.717) is 79.6 Å². The van der Waals surface area contributed by atoms with Gasteiger partial charge >= 0.3 is 0 Å². The molecule has 7 aromatic rings. The molecule has 0 atom stereocenters. The summed E-state index contributed by atoms with van der Waals surface area (Å²) in [7, 11) is 0. The van der Waals surface area contributed by atoms with Crippen molar-refractivity contribution in [2.45, 2.75) is 19.3 Å². The quantitative estimate of drug-likeness (QED) is 0.0723. The predicted molar refractivity (Wildman–Crippen MR) is 258 cm³/mol. The Hall–Kier alpha value is -6.54. The third-order valence-electron chi connectivity index (χ3n) is 10.7. The van der Waals surface area contributed by atoms with Crippen molar-refractivity contribution < 1.29 is 34.5 Å². The first-order valence-corrected chi connectivity index (χ1v) is 22.0. The molecule has 0 fully saturated rings. The maximum absolute atomic E-state index is 13.7. The molecule has 9 rings (SSSR count). The second-order valence-corrected chi connectivity index (χ2v) is 16.6. The highest BCUT2D eigenvalue weighted by Gasteiger charge is 2.33. The van der Waals surface area contributed by atoms with Crippen LogP contribution in [0.2, 0.25) is 0 Å². The molecule has 64 heavy (non-hydrogen) atoms. The molecule has 0 bridgehead atoms. The van der Waals surface area contributed by atoms with E-state index in [1.807, 2.05) is 78.9 Å². The minimum Gasteiger partial charge on any atom is -0.399 e. The molecule has 0 aromatic heterocycles. The van der Waals surface area contributed by atoms with Crippen molar-refractivity contribution in [3.8, 4) is 0 Å². The zero-order valence-electron chi connectivity index (χ0n) is 34.4. The standard InChI is InChI=1S/C30H26N2O4.C14H6Br2O2.C8H11NO/c33-17-15-19-5-9-21(10-6-19)31-26-14-13-25-27(30(36)24-4-2-1-3-23(24)29(25)35)28(26)32-22-11-7-20(8-12-22)16-18-34;15-10-6-5-9-11(12(10)16)14(18)8-4-2-1-3-7(8)13(9)17;9-8-3-1-7(2-4-8)5-6-10/h1-14,31-34H,15-18H2;1-6H;1-4,10H,5-6,9H2. The molecule has 12 heteroatoms. The summed E-state index contributed by atoms with van der Waals surface area (Å²) in [6, 6.07) is 43.6. The monoisotopic (exact) mass is 979 g/mol. The topological polar surface area (TPSA) is 179 Å². The van der Waals surface area contributed by atoms with Gasteiger partial charge in [0.25, 0.3) is 0 Å². The molecule has 2 aliphatic rings. The first kappa shape index (κ1) is 45.5. The number of carbonyl (C=O) groups is 4. The van der Waals surface area contributed by atoms with Crippen molar-refractivity contribution >= 4 is 83.4 Å². The third-order valence-corrected chi connectivity index (χ3v) is 12.7. The van der Waals surface area contributed by atoms with E-state index in [9.17, 15) is 29.4 Å². The Bertz CT molecular complexity index is 2860. The Labute approximate surface area is 387 Å². The van der Waals surface area contributed by atoms with Crippen LogP contribution in [0.1, 0.15) is 80.4 Å². The van der Waals surface area contributed by atoms with Gasteiger partial charge in [0, 0.05) is 84.8 Å². The first-order chi connectivity index (χ1) is 31.0. The second kappa shape index (κ2) is 20.8. The van der Waals surface area contributed by atoms with E-state index in [0.717, 1.165) is 38.2 Å². The van der Waals surface area contributed by atoms with Gasteiger partial charge in [0.15, 0.2) is 23.1 Å². The van der Waals surface area contributed by atoms with Crippen LogP contribution in [0, 0.1) is 0 Å². The van der Waals surface area contributed by atoms with Crippen LogP contribution in [0.5, 0.6) is 0 Å². The fraction of sp³-hybridized carbons (Fsp3) is 0.115. The van der Waals surface area contributed by atoms with E-state index in [4.69, 9.17) is 10.8 Å². The van der Waals surface area contributed by atoms with E-state index < -0.39 is 0 Å². The van der Waals surface area contributed by atoms with Crippen LogP contribution in [-0.4, -0.2) is 58.3 Å². The van der Waals surface area contributed by atoms with Gasteiger partial charge in [-0.1, -0.05) is 84.9 Å². The molecule has 10 nitrogen and oxygen atoms in total. The van der Waals surface area contributed by atoms with Gasteiger partial charge in [0.1, 0.15) is 0 Å². The average molecular weight is 982 g/mol. The molecule has 0 heterocycles. The zero-order chi connectivity index (χ0) is 45.3. The van der Waals surface area contributed by atoms with Gasteiger partial charge in [0.05, 0.1) is 16.9 Å². The van der Waals surface area contributed by atoms with Gasteiger partial charge in [-0.2, -0.15) is 0 Å². The Kier molecular flexibility index (Phi) is 14.8. The maximum atomic E-state index is 13.7. The molecule has 0 amide bonds. The number of aliphatic hydroxyl groups is 3. The second-order valence-electron chi connectivity index (χ2n) is 14.9. The van der Waals surface area contributed by atoms with Crippen molar-refractivity contribution in [2.24, 2.45) is 0 Å². The minimum absolute atomic E-state index is 0.0696. The van der Waals surface area contributed by atoms with Crippen LogP contribution in [0.4, 0.5) is 28.4 Å². The highest BCUT2D eigenvalue weighted by Crippen LogP contribution is 2.40. The highest BCUT2D eigenvalue weighted by atomic mass is 79.9. The molecule has 0 saturated heterocycles. The number of ketones is 4. The summed E-state index contributed by atoms with van der Waals surface area (Å²) in [6.45, 7) is 0.352. The van der Waals surface area contributed by atoms with Crippen LogP contribution >= 0.6 is 31.9 Å². The number of carbonyl (C=O) groups excluding carboxylic acids is 4. The molecule has 0 radical (unpaired) electrons. The van der Waals surface area contributed by atoms with Crippen LogP contribution in [0.15, 0.2) is 155 Å². The van der Waals surface area contributed by atoms with Crippen LogP contribution in [0.3, 0.4) is 0 Å². The number of nitrogens with one attached hydrogen (secondary N) is 2.